The lowest BCUT2D eigenvalue weighted by molar-refractivity contribution is 0.586. The summed E-state index contributed by atoms with van der Waals surface area (Å²) in [5, 5.41) is 1.26. The minimum Gasteiger partial charge on any atom is -0.334 e. The van der Waals surface area contributed by atoms with E-state index in [0.717, 1.165) is 16.5 Å². The molecular weight excluding hydrogens is 270 g/mol. The first kappa shape index (κ1) is 12.9. The fourth-order valence-corrected chi connectivity index (χ4v) is 4.21. The molecule has 4 heteroatoms. The van der Waals surface area contributed by atoms with Gasteiger partial charge in [-0.05, 0) is 30.7 Å². The molecule has 0 N–H and O–H groups in total. The molecule has 102 valence electrons. The van der Waals surface area contributed by atoms with Gasteiger partial charge < -0.3 is 4.57 Å². The quantitative estimate of drug-likeness (QED) is 0.724. The second kappa shape index (κ2) is 4.49. The molecule has 0 bridgehead atoms. The summed E-state index contributed by atoms with van der Waals surface area (Å²) in [6.45, 7) is 1.82. The van der Waals surface area contributed by atoms with E-state index in [0.29, 0.717) is 9.92 Å². The zero-order valence-electron chi connectivity index (χ0n) is 11.4. The van der Waals surface area contributed by atoms with Gasteiger partial charge in [0.25, 0.3) is 0 Å². The van der Waals surface area contributed by atoms with Crippen molar-refractivity contribution in [2.45, 2.75) is 16.8 Å². The molecule has 0 amide bonds. The molecule has 0 saturated carbocycles. The zero-order chi connectivity index (χ0) is 14.3. The third-order valence-corrected chi connectivity index (χ3v) is 5.55. The predicted molar refractivity (Wildman–Crippen MR) is 79.5 cm³/mol. The van der Waals surface area contributed by atoms with E-state index in [4.69, 9.17) is 0 Å². The molecule has 2 aromatic carbocycles. The molecule has 0 saturated heterocycles. The van der Waals surface area contributed by atoms with E-state index in [9.17, 15) is 8.42 Å². The highest BCUT2D eigenvalue weighted by molar-refractivity contribution is 7.91. The molecule has 1 aromatic heterocycles. The van der Waals surface area contributed by atoms with Crippen molar-refractivity contribution >= 4 is 20.7 Å². The maximum atomic E-state index is 12.8. The van der Waals surface area contributed by atoms with Crippen LogP contribution in [0.3, 0.4) is 0 Å². The monoisotopic (exact) mass is 285 g/mol. The first-order chi connectivity index (χ1) is 9.51. The first-order valence-electron chi connectivity index (χ1n) is 6.37. The highest BCUT2D eigenvalue weighted by Gasteiger charge is 2.23. The second-order valence-electron chi connectivity index (χ2n) is 4.87. The van der Waals surface area contributed by atoms with Crippen LogP contribution in [0.4, 0.5) is 0 Å². The van der Waals surface area contributed by atoms with Gasteiger partial charge in [0, 0.05) is 18.0 Å². The van der Waals surface area contributed by atoms with E-state index in [1.165, 1.54) is 0 Å². The van der Waals surface area contributed by atoms with Gasteiger partial charge in [0.2, 0.25) is 9.84 Å². The summed E-state index contributed by atoms with van der Waals surface area (Å²) in [6.07, 6.45) is 0. The number of fused-ring (bicyclic) bond motifs is 1. The van der Waals surface area contributed by atoms with E-state index in [1.54, 1.807) is 29.8 Å². The predicted octanol–water partition coefficient (Wildman–Crippen LogP) is 3.32. The molecule has 3 rings (SSSR count). The van der Waals surface area contributed by atoms with Gasteiger partial charge in [0.1, 0.15) is 5.03 Å². The Hall–Kier alpha value is -2.07. The third-order valence-electron chi connectivity index (χ3n) is 3.57. The molecule has 1 heterocycles. The molecule has 0 atom stereocenters. The van der Waals surface area contributed by atoms with Gasteiger partial charge in [-0.3, -0.25) is 0 Å². The Morgan fingerprint density at radius 3 is 2.30 bits per heavy atom. The highest BCUT2D eigenvalue weighted by atomic mass is 32.2. The number of rotatable bonds is 2. The van der Waals surface area contributed by atoms with Crippen molar-refractivity contribution in [1.29, 1.82) is 0 Å². The van der Waals surface area contributed by atoms with Crippen LogP contribution in [0.2, 0.25) is 0 Å². The normalized spacial score (nSPS) is 11.9. The fraction of sp³-hybridized carbons (Fsp3) is 0.125. The van der Waals surface area contributed by atoms with Crippen molar-refractivity contribution in [3.05, 3.63) is 60.2 Å². The molecule has 0 spiro atoms. The van der Waals surface area contributed by atoms with Crippen molar-refractivity contribution < 1.29 is 8.42 Å². The van der Waals surface area contributed by atoms with Gasteiger partial charge in [-0.2, -0.15) is 0 Å². The molecule has 0 aliphatic rings. The summed E-state index contributed by atoms with van der Waals surface area (Å²) in [6, 6.07) is 16.5. The third kappa shape index (κ3) is 1.84. The van der Waals surface area contributed by atoms with E-state index < -0.39 is 9.84 Å². The summed E-state index contributed by atoms with van der Waals surface area (Å²) in [7, 11) is -1.71. The largest absolute Gasteiger partial charge is 0.334 e. The van der Waals surface area contributed by atoms with Crippen LogP contribution in [0, 0.1) is 6.92 Å². The maximum Gasteiger partial charge on any atom is 0.222 e. The van der Waals surface area contributed by atoms with Crippen LogP contribution < -0.4 is 0 Å². The van der Waals surface area contributed by atoms with Crippen molar-refractivity contribution in [2.24, 2.45) is 7.05 Å². The van der Waals surface area contributed by atoms with E-state index in [-0.39, 0.29) is 0 Å². The van der Waals surface area contributed by atoms with Crippen LogP contribution in [0.15, 0.2) is 64.5 Å². The number of hydrogen-bond donors (Lipinski definition) is 0. The summed E-state index contributed by atoms with van der Waals surface area (Å²) >= 11 is 0. The molecule has 0 unspecified atom stereocenters. The van der Waals surface area contributed by atoms with Gasteiger partial charge in [-0.1, -0.05) is 36.4 Å². The average Bonchev–Trinajstić information content (AvgIpc) is 2.78. The van der Waals surface area contributed by atoms with Gasteiger partial charge in [-0.25, -0.2) is 8.42 Å². The van der Waals surface area contributed by atoms with Gasteiger partial charge >= 0.3 is 0 Å². The lowest BCUT2D eigenvalue weighted by atomic mass is 10.2. The molecule has 3 nitrogen and oxygen atoms in total. The fourth-order valence-electron chi connectivity index (χ4n) is 2.49. The minimum atomic E-state index is -3.50. The van der Waals surface area contributed by atoms with Crippen LogP contribution in [0.1, 0.15) is 5.56 Å². The van der Waals surface area contributed by atoms with Crippen molar-refractivity contribution in [3.63, 3.8) is 0 Å². The minimum absolute atomic E-state index is 0.327. The molecule has 0 aliphatic carbocycles. The number of hydrogen-bond acceptors (Lipinski definition) is 2. The van der Waals surface area contributed by atoms with Gasteiger partial charge in [0.05, 0.1) is 4.90 Å². The summed E-state index contributed by atoms with van der Waals surface area (Å²) in [4.78, 5) is 0.367. The lowest BCUT2D eigenvalue weighted by Crippen LogP contribution is -2.08. The average molecular weight is 285 g/mol. The lowest BCUT2D eigenvalue weighted by Gasteiger charge is -2.08. The van der Waals surface area contributed by atoms with Crippen LogP contribution in [0.25, 0.3) is 10.9 Å². The number of aromatic nitrogens is 1. The Kier molecular flexibility index (Phi) is 2.91. The standard InChI is InChI=1S/C16H15NO2S/c1-12-7-3-6-10-15(12)20(18,19)16-11-13-8-4-5-9-14(13)17(16)2/h3-11H,1-2H3. The molecule has 20 heavy (non-hydrogen) atoms. The molecular formula is C16H15NO2S. The summed E-state index contributed by atoms with van der Waals surface area (Å²) < 4.78 is 27.4. The SMILES string of the molecule is Cc1ccccc1S(=O)(=O)c1cc2ccccc2n1C. The number of benzene rings is 2. The zero-order valence-corrected chi connectivity index (χ0v) is 12.2. The molecule has 0 fully saturated rings. The van der Waals surface area contributed by atoms with E-state index >= 15 is 0 Å². The Balaban J connectivity index is 2.30. The molecule has 3 aromatic rings. The Labute approximate surface area is 118 Å². The van der Waals surface area contributed by atoms with Crippen LogP contribution in [-0.4, -0.2) is 13.0 Å². The number of aryl methyl sites for hydroxylation is 2. The van der Waals surface area contributed by atoms with Crippen molar-refractivity contribution in [2.75, 3.05) is 0 Å². The molecule has 0 aliphatic heterocycles. The second-order valence-corrected chi connectivity index (χ2v) is 6.73. The summed E-state index contributed by atoms with van der Waals surface area (Å²) in [5.41, 5.74) is 1.68. The Morgan fingerprint density at radius 2 is 1.60 bits per heavy atom. The smallest absolute Gasteiger partial charge is 0.222 e. The van der Waals surface area contributed by atoms with Gasteiger partial charge in [0.15, 0.2) is 0 Å². The molecule has 0 radical (unpaired) electrons. The number of para-hydroxylation sites is 1. The number of sulfone groups is 1. The number of nitrogens with zero attached hydrogens (tertiary/aromatic N) is 1. The van der Waals surface area contributed by atoms with Gasteiger partial charge in [-0.15, -0.1) is 0 Å². The topological polar surface area (TPSA) is 39.1 Å². The maximum absolute atomic E-state index is 12.8. The van der Waals surface area contributed by atoms with Crippen molar-refractivity contribution in [1.82, 2.24) is 4.57 Å². The van der Waals surface area contributed by atoms with Crippen LogP contribution in [-0.2, 0) is 16.9 Å². The van der Waals surface area contributed by atoms with E-state index in [1.807, 2.05) is 43.3 Å². The first-order valence-corrected chi connectivity index (χ1v) is 7.85. The van der Waals surface area contributed by atoms with Crippen LogP contribution >= 0.6 is 0 Å². The Bertz CT molecular complexity index is 892. The Morgan fingerprint density at radius 1 is 0.950 bits per heavy atom. The summed E-state index contributed by atoms with van der Waals surface area (Å²) in [5.74, 6) is 0. The van der Waals surface area contributed by atoms with Crippen molar-refractivity contribution in [3.8, 4) is 0 Å². The van der Waals surface area contributed by atoms with E-state index in [2.05, 4.69) is 0 Å². The highest BCUT2D eigenvalue weighted by Crippen LogP contribution is 2.28. The van der Waals surface area contributed by atoms with Crippen LogP contribution in [0.5, 0.6) is 0 Å².